The Morgan fingerprint density at radius 1 is 1.03 bits per heavy atom. The molecule has 2 fully saturated rings. The van der Waals surface area contributed by atoms with Gasteiger partial charge in [0, 0.05) is 43.1 Å². The number of nitrogens with one attached hydrogen (secondary N) is 1. The van der Waals surface area contributed by atoms with Gasteiger partial charge in [0.05, 0.1) is 12.7 Å². The third-order valence-corrected chi connectivity index (χ3v) is 7.73. The molecule has 1 spiro atoms. The summed E-state index contributed by atoms with van der Waals surface area (Å²) in [5.41, 5.74) is -2.55. The normalized spacial score (nSPS) is 26.7. The van der Waals surface area contributed by atoms with E-state index in [1.54, 1.807) is 29.6 Å². The van der Waals surface area contributed by atoms with E-state index in [0.717, 1.165) is 11.3 Å². The van der Waals surface area contributed by atoms with Crippen molar-refractivity contribution in [1.29, 1.82) is 0 Å². The van der Waals surface area contributed by atoms with Crippen molar-refractivity contribution in [2.45, 2.75) is 66.6 Å². The van der Waals surface area contributed by atoms with Gasteiger partial charge in [-0.05, 0) is 36.4 Å². The molecule has 0 bridgehead atoms. The predicted molar refractivity (Wildman–Crippen MR) is 119 cm³/mol. The number of methoxy groups -OCH3 is 1. The van der Waals surface area contributed by atoms with Crippen LogP contribution in [0.25, 0.3) is 0 Å². The van der Waals surface area contributed by atoms with Crippen LogP contribution in [-0.4, -0.2) is 82.6 Å². The molecule has 2 aromatic heterocycles. The molecule has 1 saturated carbocycles. The molecule has 2 aromatic rings. The monoisotopic (exact) mass is 514 g/mol. The number of hydrogen-bond donors (Lipinski definition) is 9. The quantitative estimate of drug-likeness (QED) is 0.194. The number of rotatable bonds is 7. The highest BCUT2D eigenvalue weighted by atomic mass is 32.1. The van der Waals surface area contributed by atoms with E-state index in [9.17, 15) is 40.9 Å². The largest absolute Gasteiger partial charge is 0.495 e. The van der Waals surface area contributed by atoms with E-state index in [2.05, 4.69) is 10.3 Å². The lowest BCUT2D eigenvalue weighted by molar-refractivity contribution is -0.408. The number of pyridine rings is 1. The first kappa shape index (κ1) is 26.3. The van der Waals surface area contributed by atoms with Crippen molar-refractivity contribution in [3.05, 3.63) is 46.4 Å². The van der Waals surface area contributed by atoms with E-state index in [1.165, 1.54) is 13.3 Å². The van der Waals surface area contributed by atoms with Crippen molar-refractivity contribution in [3.8, 4) is 5.75 Å². The molecule has 4 rings (SSSR count). The van der Waals surface area contributed by atoms with Crippen LogP contribution in [0.2, 0.25) is 0 Å². The Morgan fingerprint density at radius 3 is 2.31 bits per heavy atom. The molecule has 1 aliphatic carbocycles. The third kappa shape index (κ3) is 4.95. The Kier molecular flexibility index (Phi) is 6.52. The van der Waals surface area contributed by atoms with Gasteiger partial charge in [-0.1, -0.05) is 6.07 Å². The molecule has 35 heavy (non-hydrogen) atoms. The van der Waals surface area contributed by atoms with Crippen LogP contribution >= 0.6 is 11.3 Å². The smallest absolute Gasteiger partial charge is 0.279 e. The Balaban J connectivity index is 1.65. The Labute approximate surface area is 204 Å². The van der Waals surface area contributed by atoms with Crippen LogP contribution in [0.1, 0.15) is 42.7 Å². The van der Waals surface area contributed by atoms with Crippen LogP contribution < -0.4 is 10.1 Å². The second kappa shape index (κ2) is 8.68. The average Bonchev–Trinajstić information content (AvgIpc) is 3.27. The molecular formula is C22H30N2O10S. The third-order valence-electron chi connectivity index (χ3n) is 6.74. The minimum atomic E-state index is -2.96. The summed E-state index contributed by atoms with van der Waals surface area (Å²) in [6, 6.07) is 6.58. The number of ether oxygens (including phenoxy) is 2. The summed E-state index contributed by atoms with van der Waals surface area (Å²) in [7, 11) is 1.40. The van der Waals surface area contributed by atoms with E-state index in [4.69, 9.17) is 9.47 Å². The lowest BCUT2D eigenvalue weighted by Gasteiger charge is -2.51. The van der Waals surface area contributed by atoms with Gasteiger partial charge < -0.3 is 50.3 Å². The van der Waals surface area contributed by atoms with Crippen molar-refractivity contribution in [3.63, 3.8) is 0 Å². The van der Waals surface area contributed by atoms with E-state index in [-0.39, 0.29) is 30.0 Å². The summed E-state index contributed by atoms with van der Waals surface area (Å²) in [6.45, 7) is -0.0659. The van der Waals surface area contributed by atoms with Crippen molar-refractivity contribution in [2.24, 2.45) is 0 Å². The number of aliphatic hydroxyl groups is 8. The molecule has 1 saturated heterocycles. The molecule has 0 amide bonds. The van der Waals surface area contributed by atoms with Gasteiger partial charge in [-0.15, -0.1) is 11.3 Å². The summed E-state index contributed by atoms with van der Waals surface area (Å²) < 4.78 is 10.6. The fourth-order valence-corrected chi connectivity index (χ4v) is 6.24. The minimum absolute atomic E-state index is 0.0578. The molecule has 2 aliphatic rings. The van der Waals surface area contributed by atoms with Gasteiger partial charge in [-0.3, -0.25) is 10.3 Å². The highest BCUT2D eigenvalue weighted by molar-refractivity contribution is 7.10. The van der Waals surface area contributed by atoms with Crippen molar-refractivity contribution < 1.29 is 50.3 Å². The first-order valence-corrected chi connectivity index (χ1v) is 11.8. The second-order valence-corrected chi connectivity index (χ2v) is 10.4. The van der Waals surface area contributed by atoms with Gasteiger partial charge in [0.2, 0.25) is 11.6 Å². The molecule has 1 aliphatic heterocycles. The van der Waals surface area contributed by atoms with Crippen LogP contribution in [0.3, 0.4) is 0 Å². The molecule has 9 N–H and O–H groups in total. The van der Waals surface area contributed by atoms with Crippen LogP contribution in [-0.2, 0) is 16.1 Å². The summed E-state index contributed by atoms with van der Waals surface area (Å²) >= 11 is 1.07. The number of thiophene rings is 1. The molecule has 1 atom stereocenters. The number of nitrogens with zero attached hydrogens (tertiary/aromatic N) is 1. The predicted octanol–water partition coefficient (Wildman–Crippen LogP) is -1.49. The highest BCUT2D eigenvalue weighted by Crippen LogP contribution is 2.57. The maximum absolute atomic E-state index is 10.7. The van der Waals surface area contributed by atoms with Crippen LogP contribution in [0.4, 0.5) is 0 Å². The minimum Gasteiger partial charge on any atom is -0.495 e. The first-order valence-electron chi connectivity index (χ1n) is 10.9. The molecule has 12 nitrogen and oxygen atoms in total. The zero-order valence-electron chi connectivity index (χ0n) is 19.0. The molecule has 0 radical (unpaired) electrons. The fourth-order valence-electron chi connectivity index (χ4n) is 5.41. The molecule has 13 heteroatoms. The van der Waals surface area contributed by atoms with E-state index >= 15 is 0 Å². The van der Waals surface area contributed by atoms with Crippen molar-refractivity contribution in [2.75, 3.05) is 13.7 Å². The molecular weight excluding hydrogens is 484 g/mol. The maximum atomic E-state index is 10.7. The van der Waals surface area contributed by atoms with Crippen LogP contribution in [0.15, 0.2) is 35.8 Å². The first-order chi connectivity index (χ1) is 16.2. The second-order valence-electron chi connectivity index (χ2n) is 9.53. The number of aromatic nitrogens is 1. The van der Waals surface area contributed by atoms with Crippen molar-refractivity contribution in [1.82, 2.24) is 10.3 Å². The Hall–Kier alpha value is -1.75. The molecule has 0 aromatic carbocycles. The van der Waals surface area contributed by atoms with Gasteiger partial charge in [-0.25, -0.2) is 0 Å². The molecule has 194 valence electrons. The van der Waals surface area contributed by atoms with E-state index in [0.29, 0.717) is 5.69 Å². The van der Waals surface area contributed by atoms with E-state index < -0.39 is 53.7 Å². The van der Waals surface area contributed by atoms with Crippen LogP contribution in [0.5, 0.6) is 5.75 Å². The highest BCUT2D eigenvalue weighted by Gasteiger charge is 2.68. The summed E-state index contributed by atoms with van der Waals surface area (Å²) in [4.78, 5) is 4.49. The lowest BCUT2D eigenvalue weighted by Crippen LogP contribution is -2.58. The van der Waals surface area contributed by atoms with Crippen LogP contribution in [0, 0.1) is 0 Å². The summed E-state index contributed by atoms with van der Waals surface area (Å²) in [5, 5.41) is 87.6. The van der Waals surface area contributed by atoms with Gasteiger partial charge >= 0.3 is 0 Å². The summed E-state index contributed by atoms with van der Waals surface area (Å²) in [6.07, 6.45) is -0.369. The van der Waals surface area contributed by atoms with Gasteiger partial charge in [-0.2, -0.15) is 0 Å². The Bertz CT molecular complexity index is 1030. The SMILES string of the molecule is COc1ccsc1C(O)(O)NCC[C@@]1(c2ccccn2)CC(O)(O)OC2(CC(O)(O)C(O)(O)C2)C1. The lowest BCUT2D eigenvalue weighted by atomic mass is 9.66. The van der Waals surface area contributed by atoms with Gasteiger partial charge in [0.1, 0.15) is 10.6 Å². The standard InChI is InChI=1S/C22H30N2O10S/c1-33-14-5-9-35-16(14)22(31,32)24-8-6-17(15-4-2-3-7-23-15)10-18(34-21(29,30)11-17)12-19(25,26)20(27,28)13-18/h2-5,7,9,24-32H,6,8,10-13H2,1H3/t17-/m0/s1. The zero-order valence-corrected chi connectivity index (χ0v) is 19.8. The fraction of sp³-hybridized carbons (Fsp3) is 0.591. The van der Waals surface area contributed by atoms with Gasteiger partial charge in [0.25, 0.3) is 11.9 Å². The Morgan fingerprint density at radius 2 is 1.71 bits per heavy atom. The topological polar surface area (TPSA) is 205 Å². The zero-order chi connectivity index (χ0) is 25.8. The summed E-state index contributed by atoms with van der Waals surface area (Å²) in [5.74, 6) is -10.9. The van der Waals surface area contributed by atoms with E-state index in [1.807, 2.05) is 0 Å². The van der Waals surface area contributed by atoms with Crippen molar-refractivity contribution >= 4 is 11.3 Å². The number of hydrogen-bond acceptors (Lipinski definition) is 13. The molecule has 3 heterocycles. The van der Waals surface area contributed by atoms with Gasteiger partial charge in [0.15, 0.2) is 0 Å². The average molecular weight is 515 g/mol. The molecule has 0 unspecified atom stereocenters. The maximum Gasteiger partial charge on any atom is 0.279 e.